The first-order valence-corrected chi connectivity index (χ1v) is 16.1. The first-order valence-electron chi connectivity index (χ1n) is 13.0. The van der Waals surface area contributed by atoms with E-state index in [-0.39, 0.29) is 48.6 Å². The van der Waals surface area contributed by atoms with Crippen molar-refractivity contribution in [2.75, 3.05) is 36.0 Å². The molecule has 2 aromatic rings. The van der Waals surface area contributed by atoms with Crippen molar-refractivity contribution in [3.05, 3.63) is 58.4 Å². The number of anilines is 1. The molecule has 3 fully saturated rings. The van der Waals surface area contributed by atoms with Gasteiger partial charge < -0.3 is 14.2 Å². The summed E-state index contributed by atoms with van der Waals surface area (Å²) in [6, 6.07) is 9.08. The van der Waals surface area contributed by atoms with Crippen LogP contribution in [-0.2, 0) is 26.0 Å². The predicted octanol–water partition coefficient (Wildman–Crippen LogP) is 4.22. The zero-order valence-corrected chi connectivity index (χ0v) is 23.8. The van der Waals surface area contributed by atoms with Gasteiger partial charge in [0.15, 0.2) is 15.7 Å². The Morgan fingerprint density at radius 1 is 1.15 bits per heavy atom. The second-order valence-electron chi connectivity index (χ2n) is 10.0. The summed E-state index contributed by atoms with van der Waals surface area (Å²) in [4.78, 5) is 32.0. The van der Waals surface area contributed by atoms with Gasteiger partial charge in [-0.2, -0.15) is 0 Å². The quantitative estimate of drug-likeness (QED) is 0.333. The predicted molar refractivity (Wildman–Crippen MR) is 153 cm³/mol. The van der Waals surface area contributed by atoms with Crippen molar-refractivity contribution in [3.63, 3.8) is 0 Å². The highest BCUT2D eigenvalue weighted by molar-refractivity contribution is 8.26. The standard InChI is InChI=1S/C27H30FN3O5S3/c28-20-6-4-19(5-7-20)16-23-26(33)30(27(37)38-23)14-10-24(32)31(21-11-15-39(34,35)18-21)17-22-8-9-25(36-22)29-12-2-1-3-13-29/h4-9,16,21H,1-3,10-15,17-18H2/b23-16-. The maximum absolute atomic E-state index is 13.5. The molecule has 5 rings (SSSR count). The molecule has 1 unspecified atom stereocenters. The van der Waals surface area contributed by atoms with Gasteiger partial charge in [-0.15, -0.1) is 0 Å². The third kappa shape index (κ3) is 6.72. The Balaban J connectivity index is 1.26. The molecule has 0 N–H and O–H groups in total. The lowest BCUT2D eigenvalue weighted by atomic mass is 10.1. The Labute approximate surface area is 237 Å². The lowest BCUT2D eigenvalue weighted by Gasteiger charge is -2.29. The van der Waals surface area contributed by atoms with Crippen LogP contribution in [0.1, 0.15) is 43.4 Å². The van der Waals surface area contributed by atoms with E-state index in [1.54, 1.807) is 23.1 Å². The molecular weight excluding hydrogens is 562 g/mol. The summed E-state index contributed by atoms with van der Waals surface area (Å²) in [7, 11) is -3.22. The van der Waals surface area contributed by atoms with Crippen LogP contribution in [0.15, 0.2) is 45.7 Å². The number of hydrogen-bond donors (Lipinski definition) is 0. The number of hydrogen-bond acceptors (Lipinski definition) is 8. The van der Waals surface area contributed by atoms with Crippen LogP contribution in [0.4, 0.5) is 10.3 Å². The van der Waals surface area contributed by atoms with Gasteiger partial charge in [0.05, 0.1) is 23.0 Å². The Hall–Kier alpha value is -2.70. The number of thioether (sulfide) groups is 1. The van der Waals surface area contributed by atoms with E-state index >= 15 is 0 Å². The summed E-state index contributed by atoms with van der Waals surface area (Å²) in [6.45, 7) is 2.10. The lowest BCUT2D eigenvalue weighted by molar-refractivity contribution is -0.134. The normalized spacial score (nSPS) is 22.2. The molecule has 39 heavy (non-hydrogen) atoms. The molecule has 2 amide bonds. The summed E-state index contributed by atoms with van der Waals surface area (Å²) >= 11 is 6.54. The van der Waals surface area contributed by atoms with Gasteiger partial charge in [0.25, 0.3) is 5.91 Å². The minimum atomic E-state index is -3.22. The van der Waals surface area contributed by atoms with Gasteiger partial charge in [0, 0.05) is 38.2 Å². The van der Waals surface area contributed by atoms with Gasteiger partial charge in [0.2, 0.25) is 5.91 Å². The number of sulfone groups is 1. The SMILES string of the molecule is O=C1/C(=C/c2ccc(F)cc2)SC(=S)N1CCC(=O)N(Cc1ccc(N2CCCCC2)o1)C1CCS(=O)(=O)C1. The minimum Gasteiger partial charge on any atom is -0.444 e. The summed E-state index contributed by atoms with van der Waals surface area (Å²) in [5, 5.41) is 0. The highest BCUT2D eigenvalue weighted by Crippen LogP contribution is 2.33. The van der Waals surface area contributed by atoms with E-state index < -0.39 is 15.9 Å². The maximum atomic E-state index is 13.5. The van der Waals surface area contributed by atoms with Gasteiger partial charge in [-0.05, 0) is 55.5 Å². The summed E-state index contributed by atoms with van der Waals surface area (Å²) in [6.07, 6.45) is 5.43. The molecule has 0 radical (unpaired) electrons. The third-order valence-corrected chi connectivity index (χ3v) is 10.3. The molecule has 1 atom stereocenters. The Morgan fingerprint density at radius 3 is 2.59 bits per heavy atom. The summed E-state index contributed by atoms with van der Waals surface area (Å²) in [5.74, 6) is 0.387. The first kappa shape index (κ1) is 27.9. The van der Waals surface area contributed by atoms with Crippen LogP contribution in [0, 0.1) is 5.82 Å². The molecular formula is C27H30FN3O5S3. The molecule has 1 aromatic carbocycles. The van der Waals surface area contributed by atoms with E-state index in [0.717, 1.165) is 43.6 Å². The minimum absolute atomic E-state index is 0.00743. The first-order chi connectivity index (χ1) is 18.7. The van der Waals surface area contributed by atoms with Gasteiger partial charge >= 0.3 is 0 Å². The number of rotatable bonds is 8. The molecule has 0 saturated carbocycles. The molecule has 208 valence electrons. The fourth-order valence-electron chi connectivity index (χ4n) is 5.10. The second kappa shape index (κ2) is 11.8. The van der Waals surface area contributed by atoms with Gasteiger partial charge in [-0.25, -0.2) is 12.8 Å². The number of amides is 2. The average molecular weight is 592 g/mol. The zero-order chi connectivity index (χ0) is 27.6. The molecule has 3 saturated heterocycles. The fourth-order valence-corrected chi connectivity index (χ4v) is 8.14. The number of carbonyl (C=O) groups is 2. The molecule has 0 aliphatic carbocycles. The van der Waals surface area contributed by atoms with E-state index in [1.165, 1.54) is 23.5 Å². The number of furan rings is 1. The van der Waals surface area contributed by atoms with Gasteiger partial charge in [0.1, 0.15) is 15.9 Å². The second-order valence-corrected chi connectivity index (χ2v) is 13.9. The largest absolute Gasteiger partial charge is 0.444 e. The molecule has 4 heterocycles. The number of halogens is 1. The highest BCUT2D eigenvalue weighted by Gasteiger charge is 2.37. The van der Waals surface area contributed by atoms with Crippen LogP contribution in [0.2, 0.25) is 0 Å². The molecule has 3 aliphatic heterocycles. The fraction of sp³-hybridized carbons (Fsp3) is 0.444. The molecule has 8 nitrogen and oxygen atoms in total. The Morgan fingerprint density at radius 2 is 1.90 bits per heavy atom. The van der Waals surface area contributed by atoms with E-state index in [4.69, 9.17) is 16.6 Å². The van der Waals surface area contributed by atoms with E-state index in [0.29, 0.717) is 27.0 Å². The van der Waals surface area contributed by atoms with Crippen LogP contribution in [-0.4, -0.2) is 71.5 Å². The van der Waals surface area contributed by atoms with Crippen LogP contribution >= 0.6 is 24.0 Å². The number of thiocarbonyl (C=S) groups is 1. The number of piperidine rings is 1. The monoisotopic (exact) mass is 591 g/mol. The van der Waals surface area contributed by atoms with Crippen LogP contribution < -0.4 is 4.90 Å². The van der Waals surface area contributed by atoms with Gasteiger partial charge in [-0.3, -0.25) is 14.5 Å². The third-order valence-electron chi connectivity index (χ3n) is 7.20. The van der Waals surface area contributed by atoms with Gasteiger partial charge in [-0.1, -0.05) is 36.1 Å². The highest BCUT2D eigenvalue weighted by atomic mass is 32.2. The van der Waals surface area contributed by atoms with Crippen molar-refractivity contribution in [2.45, 2.75) is 44.7 Å². The smallest absolute Gasteiger partial charge is 0.266 e. The molecule has 0 spiro atoms. The Kier molecular flexibility index (Phi) is 8.43. The van der Waals surface area contributed by atoms with Crippen LogP contribution in [0.25, 0.3) is 6.08 Å². The van der Waals surface area contributed by atoms with Crippen molar-refractivity contribution < 1.29 is 26.8 Å². The van der Waals surface area contributed by atoms with Crippen molar-refractivity contribution in [1.82, 2.24) is 9.80 Å². The topological polar surface area (TPSA) is 91.1 Å². The number of benzene rings is 1. The summed E-state index contributed by atoms with van der Waals surface area (Å²) < 4.78 is 44.1. The zero-order valence-electron chi connectivity index (χ0n) is 21.4. The van der Waals surface area contributed by atoms with E-state index in [2.05, 4.69) is 4.90 Å². The molecule has 3 aliphatic rings. The molecule has 0 bridgehead atoms. The van der Waals surface area contributed by atoms with E-state index in [1.807, 2.05) is 12.1 Å². The molecule has 12 heteroatoms. The van der Waals surface area contributed by atoms with Crippen molar-refractivity contribution in [2.24, 2.45) is 0 Å². The maximum Gasteiger partial charge on any atom is 0.266 e. The molecule has 1 aromatic heterocycles. The Bertz CT molecular complexity index is 1380. The number of carbonyl (C=O) groups excluding carboxylic acids is 2. The van der Waals surface area contributed by atoms with Crippen molar-refractivity contribution >= 4 is 61.9 Å². The number of nitrogens with zero attached hydrogens (tertiary/aromatic N) is 3. The lowest BCUT2D eigenvalue weighted by Crippen LogP contribution is -2.42. The van der Waals surface area contributed by atoms with Crippen LogP contribution in [0.3, 0.4) is 0 Å². The summed E-state index contributed by atoms with van der Waals surface area (Å²) in [5.41, 5.74) is 0.670. The van der Waals surface area contributed by atoms with Crippen molar-refractivity contribution in [1.29, 1.82) is 0 Å². The van der Waals surface area contributed by atoms with E-state index in [9.17, 15) is 22.4 Å². The van der Waals surface area contributed by atoms with Crippen LogP contribution in [0.5, 0.6) is 0 Å². The average Bonchev–Trinajstić information content (AvgIpc) is 3.60. The van der Waals surface area contributed by atoms with Crippen molar-refractivity contribution in [3.8, 4) is 0 Å².